The van der Waals surface area contributed by atoms with E-state index in [1.165, 1.54) is 11.8 Å². The van der Waals surface area contributed by atoms with E-state index in [1.807, 2.05) is 85.8 Å². The average molecular weight is 485 g/mol. The lowest BCUT2D eigenvalue weighted by Gasteiger charge is -2.22. The third kappa shape index (κ3) is 4.95. The summed E-state index contributed by atoms with van der Waals surface area (Å²) >= 11 is 1.29. The van der Waals surface area contributed by atoms with Crippen molar-refractivity contribution in [1.29, 1.82) is 0 Å². The van der Waals surface area contributed by atoms with Crippen molar-refractivity contribution in [3.8, 4) is 11.4 Å². The van der Waals surface area contributed by atoms with Crippen LogP contribution in [-0.4, -0.2) is 49.7 Å². The second-order valence-corrected chi connectivity index (χ2v) is 9.08. The van der Waals surface area contributed by atoms with E-state index in [2.05, 4.69) is 15.5 Å². The molecular weight excluding hydrogens is 460 g/mol. The minimum atomic E-state index is -0.197. The normalized spacial score (nSPS) is 15.2. The van der Waals surface area contributed by atoms with E-state index in [0.717, 1.165) is 33.8 Å². The second kappa shape index (κ2) is 10.1. The maximum Gasteiger partial charge on any atom is 0.253 e. The number of tetrazole rings is 1. The predicted molar refractivity (Wildman–Crippen MR) is 135 cm³/mol. The van der Waals surface area contributed by atoms with Crippen LogP contribution in [0.15, 0.2) is 89.1 Å². The number of aromatic nitrogens is 4. The molecule has 2 heterocycles. The van der Waals surface area contributed by atoms with Crippen molar-refractivity contribution >= 4 is 23.4 Å². The smallest absolute Gasteiger partial charge is 0.253 e. The number of ether oxygens (including phenoxy) is 1. The lowest BCUT2D eigenvalue weighted by Crippen LogP contribution is -2.28. The molecule has 4 aromatic rings. The Morgan fingerprint density at radius 3 is 2.49 bits per heavy atom. The number of benzene rings is 3. The molecule has 3 aromatic carbocycles. The van der Waals surface area contributed by atoms with Gasteiger partial charge < -0.3 is 4.74 Å². The largest absolute Gasteiger partial charge is 0.497 e. The Bertz CT molecular complexity index is 1340. The van der Waals surface area contributed by atoms with Crippen molar-refractivity contribution < 1.29 is 9.53 Å². The zero-order valence-electron chi connectivity index (χ0n) is 19.4. The fraction of sp³-hybridized carbons (Fsp3) is 0.192. The molecule has 0 N–H and O–H groups in total. The van der Waals surface area contributed by atoms with Crippen LogP contribution in [0.25, 0.3) is 5.69 Å². The van der Waals surface area contributed by atoms with Crippen molar-refractivity contribution in [2.45, 2.75) is 24.5 Å². The average Bonchev–Trinajstić information content (AvgIpc) is 3.56. The van der Waals surface area contributed by atoms with Gasteiger partial charge >= 0.3 is 0 Å². The third-order valence-electron chi connectivity index (χ3n) is 5.82. The van der Waals surface area contributed by atoms with Gasteiger partial charge in [-0.15, -0.1) is 5.10 Å². The van der Waals surface area contributed by atoms with Gasteiger partial charge in [-0.1, -0.05) is 71.9 Å². The highest BCUT2D eigenvalue weighted by Gasteiger charge is 2.33. The van der Waals surface area contributed by atoms with Gasteiger partial charge in [-0.05, 0) is 52.7 Å². The molecule has 0 aliphatic carbocycles. The number of amides is 1. The SMILES string of the molecule is COc1ccc([C@H]2CC(c3ccccc3)=NN2C(=O)CSc2nnnn2-c2ccc(C)cc2)cc1. The van der Waals surface area contributed by atoms with Gasteiger partial charge in [0, 0.05) is 6.42 Å². The molecule has 8 nitrogen and oxygen atoms in total. The molecule has 1 aliphatic heterocycles. The molecular formula is C26H24N6O2S. The van der Waals surface area contributed by atoms with Gasteiger partial charge in [0.15, 0.2) is 0 Å². The maximum absolute atomic E-state index is 13.4. The van der Waals surface area contributed by atoms with E-state index in [9.17, 15) is 4.79 Å². The van der Waals surface area contributed by atoms with E-state index in [4.69, 9.17) is 9.84 Å². The molecule has 0 spiro atoms. The van der Waals surface area contributed by atoms with Gasteiger partial charge in [0.05, 0.1) is 30.3 Å². The second-order valence-electron chi connectivity index (χ2n) is 8.14. The van der Waals surface area contributed by atoms with Gasteiger partial charge in [0.1, 0.15) is 5.75 Å². The number of methoxy groups -OCH3 is 1. The van der Waals surface area contributed by atoms with Gasteiger partial charge in [0.2, 0.25) is 5.16 Å². The molecule has 1 aromatic heterocycles. The van der Waals surface area contributed by atoms with E-state index in [1.54, 1.807) is 16.8 Å². The first-order valence-corrected chi connectivity index (χ1v) is 12.2. The van der Waals surface area contributed by atoms with Crippen molar-refractivity contribution in [2.75, 3.05) is 12.9 Å². The molecule has 9 heteroatoms. The van der Waals surface area contributed by atoms with Crippen LogP contribution >= 0.6 is 11.8 Å². The van der Waals surface area contributed by atoms with Crippen LogP contribution in [0.1, 0.15) is 29.2 Å². The summed E-state index contributed by atoms with van der Waals surface area (Å²) in [7, 11) is 1.64. The number of carbonyl (C=O) groups is 1. The standard InChI is InChI=1S/C26H24N6O2S/c1-18-8-12-21(13-9-18)31-26(27-29-30-31)35-17-25(33)32-24(20-10-14-22(34-2)15-11-20)16-23(28-32)19-6-4-3-5-7-19/h3-15,24H,16-17H2,1-2H3/t24-/m1/s1. The summed E-state index contributed by atoms with van der Waals surface area (Å²) in [5.74, 6) is 0.817. The summed E-state index contributed by atoms with van der Waals surface area (Å²) in [5, 5.41) is 18.9. The van der Waals surface area contributed by atoms with Gasteiger partial charge in [-0.25, -0.2) is 5.01 Å². The number of hydrazone groups is 1. The van der Waals surface area contributed by atoms with Crippen LogP contribution in [0.3, 0.4) is 0 Å². The third-order valence-corrected chi connectivity index (χ3v) is 6.72. The van der Waals surface area contributed by atoms with Crippen LogP contribution in [0.4, 0.5) is 0 Å². The fourth-order valence-electron chi connectivity index (χ4n) is 3.94. The Morgan fingerprint density at radius 2 is 1.77 bits per heavy atom. The number of hydrogen-bond acceptors (Lipinski definition) is 7. The van der Waals surface area contributed by atoms with Gasteiger partial charge in [0.25, 0.3) is 5.91 Å². The van der Waals surface area contributed by atoms with Gasteiger partial charge in [-0.3, -0.25) is 4.79 Å². The highest BCUT2D eigenvalue weighted by Crippen LogP contribution is 2.34. The Balaban J connectivity index is 1.37. The molecule has 0 radical (unpaired) electrons. The van der Waals surface area contributed by atoms with Crippen molar-refractivity contribution in [3.05, 3.63) is 95.6 Å². The van der Waals surface area contributed by atoms with E-state index >= 15 is 0 Å². The van der Waals surface area contributed by atoms with Crippen molar-refractivity contribution in [2.24, 2.45) is 5.10 Å². The summed E-state index contributed by atoms with van der Waals surface area (Å²) < 4.78 is 6.94. The number of aryl methyl sites for hydroxylation is 1. The number of hydrogen-bond donors (Lipinski definition) is 0. The van der Waals surface area contributed by atoms with Crippen LogP contribution in [0.5, 0.6) is 5.75 Å². The Kier molecular flexibility index (Phi) is 6.58. The summed E-state index contributed by atoms with van der Waals surface area (Å²) in [6, 6.07) is 25.4. The Hall–Kier alpha value is -3.98. The first-order valence-electron chi connectivity index (χ1n) is 11.2. The molecule has 1 atom stereocenters. The number of thioether (sulfide) groups is 1. The van der Waals surface area contributed by atoms with Crippen LogP contribution < -0.4 is 4.74 Å². The zero-order chi connectivity index (χ0) is 24.2. The molecule has 0 unspecified atom stereocenters. The first-order chi connectivity index (χ1) is 17.1. The quantitative estimate of drug-likeness (QED) is 0.360. The molecule has 1 aliphatic rings. The molecule has 5 rings (SSSR count). The molecule has 176 valence electrons. The van der Waals surface area contributed by atoms with Crippen LogP contribution in [0, 0.1) is 6.92 Å². The Labute approximate surface area is 207 Å². The summed E-state index contributed by atoms with van der Waals surface area (Å²) in [4.78, 5) is 13.4. The number of rotatable bonds is 7. The van der Waals surface area contributed by atoms with Crippen molar-refractivity contribution in [1.82, 2.24) is 25.2 Å². The summed E-state index contributed by atoms with van der Waals surface area (Å²) in [6.07, 6.45) is 0.633. The molecule has 0 fully saturated rings. The lowest BCUT2D eigenvalue weighted by molar-refractivity contribution is -0.130. The molecule has 35 heavy (non-hydrogen) atoms. The van der Waals surface area contributed by atoms with E-state index in [-0.39, 0.29) is 17.7 Å². The van der Waals surface area contributed by atoms with Crippen LogP contribution in [0.2, 0.25) is 0 Å². The predicted octanol–water partition coefficient (Wildman–Crippen LogP) is 4.45. The minimum absolute atomic E-state index is 0.111. The molecule has 0 bridgehead atoms. The van der Waals surface area contributed by atoms with E-state index < -0.39 is 0 Å². The lowest BCUT2D eigenvalue weighted by atomic mass is 9.98. The summed E-state index contributed by atoms with van der Waals surface area (Å²) in [5.41, 5.74) is 4.89. The molecule has 1 amide bonds. The topological polar surface area (TPSA) is 85.5 Å². The highest BCUT2D eigenvalue weighted by atomic mass is 32.2. The summed E-state index contributed by atoms with van der Waals surface area (Å²) in [6.45, 7) is 2.03. The first kappa shape index (κ1) is 22.8. The zero-order valence-corrected chi connectivity index (χ0v) is 20.2. The van der Waals surface area contributed by atoms with Gasteiger partial charge in [-0.2, -0.15) is 9.78 Å². The Morgan fingerprint density at radius 1 is 1.03 bits per heavy atom. The molecule has 0 saturated carbocycles. The van der Waals surface area contributed by atoms with Crippen molar-refractivity contribution in [3.63, 3.8) is 0 Å². The minimum Gasteiger partial charge on any atom is -0.497 e. The number of nitrogens with zero attached hydrogens (tertiary/aromatic N) is 6. The van der Waals surface area contributed by atoms with E-state index in [0.29, 0.717) is 11.6 Å². The highest BCUT2D eigenvalue weighted by molar-refractivity contribution is 7.99. The number of carbonyl (C=O) groups excluding carboxylic acids is 1. The molecule has 0 saturated heterocycles. The maximum atomic E-state index is 13.4. The monoisotopic (exact) mass is 484 g/mol. The fourth-order valence-corrected chi connectivity index (χ4v) is 4.68. The van der Waals surface area contributed by atoms with Crippen LogP contribution in [-0.2, 0) is 4.79 Å².